The summed E-state index contributed by atoms with van der Waals surface area (Å²) < 4.78 is 4.72. The molecular weight excluding hydrogens is 707 g/mol. The Kier molecular flexibility index (Phi) is 7.80. The van der Waals surface area contributed by atoms with Crippen LogP contribution in [0, 0.1) is 6.57 Å². The minimum atomic E-state index is 0.588. The normalized spacial score (nSPS) is 11.4. The molecular formula is C53H33N5. The van der Waals surface area contributed by atoms with Crippen molar-refractivity contribution >= 4 is 49.3 Å². The van der Waals surface area contributed by atoms with Crippen molar-refractivity contribution in [2.45, 2.75) is 0 Å². The van der Waals surface area contributed by atoms with Gasteiger partial charge in [-0.3, -0.25) is 0 Å². The molecule has 0 N–H and O–H groups in total. The summed E-state index contributed by atoms with van der Waals surface area (Å²) in [5.41, 5.74) is 13.4. The number of hydrogen-bond donors (Lipinski definition) is 0. The predicted molar refractivity (Wildman–Crippen MR) is 239 cm³/mol. The van der Waals surface area contributed by atoms with Gasteiger partial charge in [-0.25, -0.2) is 14.8 Å². The van der Waals surface area contributed by atoms with Crippen LogP contribution in [-0.4, -0.2) is 19.1 Å². The van der Waals surface area contributed by atoms with E-state index in [1.165, 1.54) is 10.8 Å². The van der Waals surface area contributed by atoms with E-state index < -0.39 is 0 Å². The molecule has 3 heterocycles. The van der Waals surface area contributed by atoms with Gasteiger partial charge in [-0.1, -0.05) is 146 Å². The Morgan fingerprint density at radius 1 is 0.362 bits per heavy atom. The molecule has 0 aliphatic rings. The Bertz CT molecular complexity index is 3290. The van der Waals surface area contributed by atoms with Gasteiger partial charge in [0.2, 0.25) is 0 Å². The van der Waals surface area contributed by atoms with Crippen molar-refractivity contribution < 1.29 is 0 Å². The molecule has 0 radical (unpaired) electrons. The first-order chi connectivity index (χ1) is 28.7. The van der Waals surface area contributed by atoms with E-state index in [2.05, 4.69) is 154 Å². The molecule has 11 aromatic rings. The molecule has 0 bridgehead atoms. The first kappa shape index (κ1) is 33.3. The van der Waals surface area contributed by atoms with Crippen LogP contribution in [0.5, 0.6) is 0 Å². The standard InChI is InChI=1S/C53H33N5/c1-54-46-24-12-8-20-41(46)37-30-38(53-55-47(35-16-4-2-5-17-35)34-48(56-53)36-18-6-3-7-19-36)32-40(31-37)58-51-27-15-11-23-44(51)45-29-28-39(33-52(45)58)57-49-25-13-9-21-42(49)43-22-10-14-26-50(43)57/h2-34H. The Labute approximate surface area is 335 Å². The quantitative estimate of drug-likeness (QED) is 0.159. The highest BCUT2D eigenvalue weighted by Crippen LogP contribution is 2.40. The van der Waals surface area contributed by atoms with E-state index in [0.717, 1.165) is 83.4 Å². The highest BCUT2D eigenvalue weighted by Gasteiger charge is 2.19. The third-order valence-corrected chi connectivity index (χ3v) is 11.1. The van der Waals surface area contributed by atoms with E-state index in [9.17, 15) is 0 Å². The second-order valence-electron chi connectivity index (χ2n) is 14.5. The van der Waals surface area contributed by atoms with Crippen LogP contribution in [0.15, 0.2) is 200 Å². The number of hydrogen-bond acceptors (Lipinski definition) is 2. The molecule has 0 saturated carbocycles. The molecule has 0 atom stereocenters. The molecule has 58 heavy (non-hydrogen) atoms. The van der Waals surface area contributed by atoms with Crippen LogP contribution in [0.2, 0.25) is 0 Å². The number of nitrogens with zero attached hydrogens (tertiary/aromatic N) is 5. The van der Waals surface area contributed by atoms with Crippen LogP contribution < -0.4 is 0 Å². The lowest BCUT2D eigenvalue weighted by Gasteiger charge is -2.16. The molecule has 0 unspecified atom stereocenters. The fourth-order valence-electron chi connectivity index (χ4n) is 8.51. The maximum atomic E-state index is 8.11. The number of rotatable bonds is 6. The number of fused-ring (bicyclic) bond motifs is 6. The summed E-state index contributed by atoms with van der Waals surface area (Å²) in [5, 5.41) is 4.76. The average molecular weight is 740 g/mol. The molecule has 11 rings (SSSR count). The Hall–Kier alpha value is -8.07. The first-order valence-electron chi connectivity index (χ1n) is 19.4. The van der Waals surface area contributed by atoms with E-state index in [0.29, 0.717) is 11.5 Å². The molecule has 3 aromatic heterocycles. The van der Waals surface area contributed by atoms with Gasteiger partial charge in [0, 0.05) is 49.6 Å². The van der Waals surface area contributed by atoms with Crippen LogP contribution in [-0.2, 0) is 0 Å². The van der Waals surface area contributed by atoms with Gasteiger partial charge in [0.25, 0.3) is 0 Å². The Morgan fingerprint density at radius 3 is 1.43 bits per heavy atom. The van der Waals surface area contributed by atoms with Crippen LogP contribution in [0.25, 0.3) is 105 Å². The van der Waals surface area contributed by atoms with Crippen LogP contribution in [0.3, 0.4) is 0 Å². The summed E-state index contributed by atoms with van der Waals surface area (Å²) in [6, 6.07) is 69.6. The SMILES string of the molecule is [C-]#[N+]c1ccccc1-c1cc(-c2nc(-c3ccccc3)cc(-c3ccccc3)n2)cc(-n2c3ccccc3c3ccc(-n4c5ccccc5c5ccccc54)cc32)c1. The highest BCUT2D eigenvalue weighted by atomic mass is 15.0. The Morgan fingerprint density at radius 2 is 0.845 bits per heavy atom. The van der Waals surface area contributed by atoms with Crippen molar-refractivity contribution in [3.05, 3.63) is 212 Å². The summed E-state index contributed by atoms with van der Waals surface area (Å²) in [6.45, 7) is 8.11. The molecule has 8 aromatic carbocycles. The first-order valence-corrected chi connectivity index (χ1v) is 19.4. The fraction of sp³-hybridized carbons (Fsp3) is 0. The highest BCUT2D eigenvalue weighted by molar-refractivity contribution is 6.12. The maximum absolute atomic E-state index is 8.11. The summed E-state index contributed by atoms with van der Waals surface area (Å²) >= 11 is 0. The van der Waals surface area contributed by atoms with Crippen LogP contribution >= 0.6 is 0 Å². The Balaban J connectivity index is 1.21. The topological polar surface area (TPSA) is 40.0 Å². The van der Waals surface area contributed by atoms with E-state index in [1.807, 2.05) is 60.7 Å². The predicted octanol–water partition coefficient (Wildman–Crippen LogP) is 13.9. The minimum Gasteiger partial charge on any atom is -0.309 e. The van der Waals surface area contributed by atoms with Crippen molar-refractivity contribution in [2.24, 2.45) is 0 Å². The summed E-state index contributed by atoms with van der Waals surface area (Å²) in [6.07, 6.45) is 0. The molecule has 0 spiro atoms. The lowest BCUT2D eigenvalue weighted by atomic mass is 9.99. The van der Waals surface area contributed by atoms with E-state index in [1.54, 1.807) is 0 Å². The second-order valence-corrected chi connectivity index (χ2v) is 14.5. The number of para-hydroxylation sites is 4. The molecule has 5 heteroatoms. The molecule has 0 fully saturated rings. The van der Waals surface area contributed by atoms with Gasteiger partial charge in [-0.2, -0.15) is 0 Å². The molecule has 270 valence electrons. The van der Waals surface area contributed by atoms with Crippen LogP contribution in [0.4, 0.5) is 5.69 Å². The molecule has 0 amide bonds. The van der Waals surface area contributed by atoms with Gasteiger partial charge in [-0.15, -0.1) is 0 Å². The zero-order valence-electron chi connectivity index (χ0n) is 31.3. The number of benzene rings is 8. The van der Waals surface area contributed by atoms with Gasteiger partial charge in [-0.05, 0) is 65.7 Å². The minimum absolute atomic E-state index is 0.588. The van der Waals surface area contributed by atoms with Gasteiger partial charge in [0.1, 0.15) is 0 Å². The summed E-state index contributed by atoms with van der Waals surface area (Å²) in [5.74, 6) is 0.607. The van der Waals surface area contributed by atoms with E-state index in [-0.39, 0.29) is 0 Å². The zero-order chi connectivity index (χ0) is 38.6. The van der Waals surface area contributed by atoms with Gasteiger partial charge >= 0.3 is 0 Å². The van der Waals surface area contributed by atoms with Gasteiger partial charge < -0.3 is 9.13 Å². The lowest BCUT2D eigenvalue weighted by Crippen LogP contribution is -2.00. The number of aromatic nitrogens is 4. The molecule has 0 saturated heterocycles. The van der Waals surface area contributed by atoms with Gasteiger partial charge in [0.15, 0.2) is 11.5 Å². The monoisotopic (exact) mass is 739 g/mol. The summed E-state index contributed by atoms with van der Waals surface area (Å²) in [4.78, 5) is 14.4. The van der Waals surface area contributed by atoms with Gasteiger partial charge in [0.05, 0.1) is 40.0 Å². The van der Waals surface area contributed by atoms with Crippen molar-refractivity contribution in [1.82, 2.24) is 19.1 Å². The third-order valence-electron chi connectivity index (χ3n) is 11.1. The van der Waals surface area contributed by atoms with Crippen molar-refractivity contribution in [2.75, 3.05) is 0 Å². The van der Waals surface area contributed by atoms with E-state index in [4.69, 9.17) is 16.5 Å². The van der Waals surface area contributed by atoms with Crippen LogP contribution in [0.1, 0.15) is 0 Å². The zero-order valence-corrected chi connectivity index (χ0v) is 31.3. The second kappa shape index (κ2) is 13.6. The fourth-order valence-corrected chi connectivity index (χ4v) is 8.51. The third kappa shape index (κ3) is 5.47. The molecule has 5 nitrogen and oxygen atoms in total. The molecule has 0 aliphatic carbocycles. The maximum Gasteiger partial charge on any atom is 0.194 e. The van der Waals surface area contributed by atoms with Crippen molar-refractivity contribution in [3.8, 4) is 56.4 Å². The largest absolute Gasteiger partial charge is 0.309 e. The smallest absolute Gasteiger partial charge is 0.194 e. The lowest BCUT2D eigenvalue weighted by molar-refractivity contribution is 1.15. The van der Waals surface area contributed by atoms with Crippen molar-refractivity contribution in [3.63, 3.8) is 0 Å². The molecule has 0 aliphatic heterocycles. The average Bonchev–Trinajstić information content (AvgIpc) is 3.82. The van der Waals surface area contributed by atoms with E-state index >= 15 is 0 Å². The summed E-state index contributed by atoms with van der Waals surface area (Å²) in [7, 11) is 0. The van der Waals surface area contributed by atoms with Crippen molar-refractivity contribution in [1.29, 1.82) is 0 Å².